The number of hydrogen-bond donors (Lipinski definition) is 4. The van der Waals surface area contributed by atoms with Gasteiger partial charge in [-0.2, -0.15) is 0 Å². The molecule has 1 aliphatic rings. The van der Waals surface area contributed by atoms with E-state index in [2.05, 4.69) is 20.9 Å². The molecule has 11 heteroatoms. The maximum absolute atomic E-state index is 13.2. The van der Waals surface area contributed by atoms with Gasteiger partial charge in [-0.25, -0.2) is 9.37 Å². The third-order valence-corrected chi connectivity index (χ3v) is 5.50. The summed E-state index contributed by atoms with van der Waals surface area (Å²) in [5.41, 5.74) is 6.42. The molecule has 2 heterocycles. The summed E-state index contributed by atoms with van der Waals surface area (Å²) in [6.45, 7) is 1.43. The second-order valence-corrected chi connectivity index (χ2v) is 7.87. The number of nitrogens with zero attached hydrogens (tertiary/aromatic N) is 2. The predicted octanol–water partition coefficient (Wildman–Crippen LogP) is 2.11. The monoisotopic (exact) mass is 470 g/mol. The topological polar surface area (TPSA) is 131 Å². The summed E-state index contributed by atoms with van der Waals surface area (Å²) >= 11 is 5.94. The first-order chi connectivity index (χ1) is 15.8. The highest BCUT2D eigenvalue weighted by atomic mass is 35.5. The third-order valence-electron chi connectivity index (χ3n) is 5.19. The summed E-state index contributed by atoms with van der Waals surface area (Å²) in [7, 11) is 0. The zero-order valence-corrected chi connectivity index (χ0v) is 18.0. The van der Waals surface area contributed by atoms with Gasteiger partial charge in [-0.3, -0.25) is 19.0 Å². The highest BCUT2D eigenvalue weighted by Gasteiger charge is 2.26. The van der Waals surface area contributed by atoms with Gasteiger partial charge in [0, 0.05) is 24.0 Å². The number of nitrogens with two attached hydrogens (primary N) is 1. The van der Waals surface area contributed by atoms with Crippen LogP contribution in [0.3, 0.4) is 0 Å². The SMILES string of the molecule is NC(=O)c1ncn(-c2ccc(NC(=O)c3ccc(F)cc3Cl)cc2)c1C(=O)N[C@@H]1CCNC1. The van der Waals surface area contributed by atoms with Gasteiger partial charge in [-0.1, -0.05) is 11.6 Å². The summed E-state index contributed by atoms with van der Waals surface area (Å²) in [5.74, 6) is -2.32. The standard InChI is InChI=1S/C22H20ClFN6O3/c23-17-9-12(24)1-6-16(17)21(32)28-13-2-4-15(5-3-13)30-11-27-18(20(25)31)19(30)22(33)29-14-7-8-26-10-14/h1-6,9,11,14,26H,7-8,10H2,(H2,25,31)(H,28,32)(H,29,33)/t14-/m1/s1. The zero-order valence-electron chi connectivity index (χ0n) is 17.3. The predicted molar refractivity (Wildman–Crippen MR) is 120 cm³/mol. The normalized spacial score (nSPS) is 15.3. The summed E-state index contributed by atoms with van der Waals surface area (Å²) in [6.07, 6.45) is 2.12. The van der Waals surface area contributed by atoms with E-state index in [1.807, 2.05) is 0 Å². The van der Waals surface area contributed by atoms with Crippen LogP contribution in [-0.2, 0) is 0 Å². The third kappa shape index (κ3) is 4.86. The van der Waals surface area contributed by atoms with Crippen LogP contribution in [0.1, 0.15) is 37.8 Å². The van der Waals surface area contributed by atoms with Gasteiger partial charge >= 0.3 is 0 Å². The van der Waals surface area contributed by atoms with Gasteiger partial charge < -0.3 is 21.7 Å². The molecule has 0 radical (unpaired) electrons. The van der Waals surface area contributed by atoms with E-state index < -0.39 is 23.5 Å². The molecule has 0 aliphatic carbocycles. The Morgan fingerprint density at radius 3 is 2.55 bits per heavy atom. The summed E-state index contributed by atoms with van der Waals surface area (Å²) in [4.78, 5) is 41.2. The summed E-state index contributed by atoms with van der Waals surface area (Å²) in [5, 5.41) is 8.71. The van der Waals surface area contributed by atoms with Crippen LogP contribution in [0.5, 0.6) is 0 Å². The quantitative estimate of drug-likeness (QED) is 0.438. The van der Waals surface area contributed by atoms with Crippen molar-refractivity contribution < 1.29 is 18.8 Å². The van der Waals surface area contributed by atoms with Crippen molar-refractivity contribution >= 4 is 35.0 Å². The Bertz CT molecular complexity index is 1220. The first-order valence-electron chi connectivity index (χ1n) is 10.1. The molecule has 2 aromatic carbocycles. The van der Waals surface area contributed by atoms with Crippen molar-refractivity contribution in [2.45, 2.75) is 12.5 Å². The van der Waals surface area contributed by atoms with Gasteiger partial charge in [0.15, 0.2) is 5.69 Å². The molecule has 0 saturated carbocycles. The van der Waals surface area contributed by atoms with Gasteiger partial charge in [-0.15, -0.1) is 0 Å². The maximum atomic E-state index is 13.2. The van der Waals surface area contributed by atoms with Gasteiger partial charge in [0.25, 0.3) is 17.7 Å². The molecule has 33 heavy (non-hydrogen) atoms. The Kier molecular flexibility index (Phi) is 6.38. The Morgan fingerprint density at radius 2 is 1.91 bits per heavy atom. The van der Waals surface area contributed by atoms with E-state index in [1.165, 1.54) is 17.0 Å². The molecule has 0 bridgehead atoms. The van der Waals surface area contributed by atoms with Gasteiger partial charge in [0.1, 0.15) is 17.8 Å². The van der Waals surface area contributed by atoms with E-state index >= 15 is 0 Å². The average Bonchev–Trinajstić information content (AvgIpc) is 3.44. The minimum Gasteiger partial charge on any atom is -0.364 e. The molecule has 1 aromatic heterocycles. The summed E-state index contributed by atoms with van der Waals surface area (Å²) < 4.78 is 14.7. The van der Waals surface area contributed by atoms with E-state index in [4.69, 9.17) is 17.3 Å². The van der Waals surface area contributed by atoms with E-state index in [1.54, 1.807) is 24.3 Å². The van der Waals surface area contributed by atoms with Gasteiger partial charge in [0.2, 0.25) is 0 Å². The van der Waals surface area contributed by atoms with E-state index in [0.717, 1.165) is 25.1 Å². The van der Waals surface area contributed by atoms with Gasteiger partial charge in [-0.05, 0) is 55.4 Å². The number of hydrogen-bond acceptors (Lipinski definition) is 5. The Balaban J connectivity index is 1.56. The minimum absolute atomic E-state index is 0.00497. The molecule has 5 N–H and O–H groups in total. The van der Waals surface area contributed by atoms with Crippen LogP contribution in [0.2, 0.25) is 5.02 Å². The fraction of sp³-hybridized carbons (Fsp3) is 0.182. The van der Waals surface area contributed by atoms with Crippen molar-refractivity contribution in [3.63, 3.8) is 0 Å². The molecular weight excluding hydrogens is 451 g/mol. The number of amides is 3. The lowest BCUT2D eigenvalue weighted by atomic mass is 10.2. The second-order valence-electron chi connectivity index (χ2n) is 7.46. The molecule has 1 saturated heterocycles. The zero-order chi connectivity index (χ0) is 23.5. The Hall–Kier alpha value is -3.76. The van der Waals surface area contributed by atoms with Crippen LogP contribution in [0.4, 0.5) is 10.1 Å². The first-order valence-corrected chi connectivity index (χ1v) is 10.5. The number of primary amides is 1. The molecule has 9 nitrogen and oxygen atoms in total. The van der Waals surface area contributed by atoms with Crippen molar-refractivity contribution in [1.82, 2.24) is 20.2 Å². The van der Waals surface area contributed by atoms with Crippen LogP contribution >= 0.6 is 11.6 Å². The number of halogens is 2. The summed E-state index contributed by atoms with van der Waals surface area (Å²) in [6, 6.07) is 9.94. The van der Waals surface area contributed by atoms with Crippen molar-refractivity contribution in [3.05, 3.63) is 76.6 Å². The first kappa shape index (κ1) is 22.4. The number of aromatic nitrogens is 2. The van der Waals surface area contributed by atoms with E-state index in [9.17, 15) is 18.8 Å². The highest BCUT2D eigenvalue weighted by molar-refractivity contribution is 6.34. The molecule has 4 rings (SSSR count). The number of carbonyl (C=O) groups excluding carboxylic acids is 3. The largest absolute Gasteiger partial charge is 0.364 e. The lowest BCUT2D eigenvalue weighted by Gasteiger charge is -2.14. The van der Waals surface area contributed by atoms with Gasteiger partial charge in [0.05, 0.1) is 10.6 Å². The molecule has 0 spiro atoms. The molecule has 170 valence electrons. The maximum Gasteiger partial charge on any atom is 0.271 e. The molecule has 0 unspecified atom stereocenters. The number of anilines is 1. The molecule has 3 aromatic rings. The smallest absolute Gasteiger partial charge is 0.271 e. The Morgan fingerprint density at radius 1 is 1.15 bits per heavy atom. The Labute approximate surface area is 193 Å². The van der Waals surface area contributed by atoms with Crippen LogP contribution in [0.15, 0.2) is 48.8 Å². The number of carbonyl (C=O) groups is 3. The van der Waals surface area contributed by atoms with Crippen LogP contribution in [0, 0.1) is 5.82 Å². The van der Waals surface area contributed by atoms with Crippen LogP contribution < -0.4 is 21.7 Å². The number of nitrogens with one attached hydrogen (secondary N) is 3. The molecular formula is C22H20ClFN6O3. The molecule has 1 aliphatic heterocycles. The van der Waals surface area contributed by atoms with Crippen molar-refractivity contribution in [2.24, 2.45) is 5.73 Å². The molecule has 3 amide bonds. The van der Waals surface area contributed by atoms with Crippen LogP contribution in [0.25, 0.3) is 5.69 Å². The fourth-order valence-corrected chi connectivity index (χ4v) is 3.80. The number of imidazole rings is 1. The van der Waals surface area contributed by atoms with Crippen molar-refractivity contribution in [3.8, 4) is 5.69 Å². The fourth-order valence-electron chi connectivity index (χ4n) is 3.55. The minimum atomic E-state index is -0.816. The molecule has 1 fully saturated rings. The second kappa shape index (κ2) is 9.39. The lowest BCUT2D eigenvalue weighted by Crippen LogP contribution is -2.38. The van der Waals surface area contributed by atoms with E-state index in [0.29, 0.717) is 17.9 Å². The molecule has 1 atom stereocenters. The number of rotatable bonds is 6. The van der Waals surface area contributed by atoms with E-state index in [-0.39, 0.29) is 28.0 Å². The van der Waals surface area contributed by atoms with Crippen LogP contribution in [-0.4, -0.2) is 46.4 Å². The highest BCUT2D eigenvalue weighted by Crippen LogP contribution is 2.21. The number of benzene rings is 2. The average molecular weight is 471 g/mol. The lowest BCUT2D eigenvalue weighted by molar-refractivity contribution is 0.0917. The van der Waals surface area contributed by atoms with Crippen molar-refractivity contribution in [2.75, 3.05) is 18.4 Å². The van der Waals surface area contributed by atoms with Crippen molar-refractivity contribution in [1.29, 1.82) is 0 Å².